The first-order valence-electron chi connectivity index (χ1n) is 7.39. The summed E-state index contributed by atoms with van der Waals surface area (Å²) in [6.45, 7) is 7.48. The van der Waals surface area contributed by atoms with Gasteiger partial charge in [-0.3, -0.25) is 0 Å². The number of thiocarbonyl (C=S) groups is 1. The minimum absolute atomic E-state index is 0.215. The summed E-state index contributed by atoms with van der Waals surface area (Å²) in [6, 6.07) is 8.49. The molecular weight excluding hydrogens is 266 g/mol. The molecule has 1 saturated carbocycles. The average Bonchev–Trinajstić information content (AvgIpc) is 3.16. The van der Waals surface area contributed by atoms with Crippen molar-refractivity contribution in [2.24, 2.45) is 11.1 Å². The van der Waals surface area contributed by atoms with Crippen LogP contribution < -0.4 is 10.5 Å². The largest absolute Gasteiger partial charge is 0.493 e. The third kappa shape index (κ3) is 3.72. The molecule has 110 valence electrons. The molecule has 0 saturated heterocycles. The predicted molar refractivity (Wildman–Crippen MR) is 88.3 cm³/mol. The summed E-state index contributed by atoms with van der Waals surface area (Å²) in [4.78, 5) is 0.603. The predicted octanol–water partition coefficient (Wildman–Crippen LogP) is 4.21. The van der Waals surface area contributed by atoms with Crippen molar-refractivity contribution in [2.45, 2.75) is 51.9 Å². The molecule has 2 rings (SSSR count). The highest BCUT2D eigenvalue weighted by Gasteiger charge is 2.43. The maximum atomic E-state index is 5.92. The van der Waals surface area contributed by atoms with E-state index < -0.39 is 0 Å². The summed E-state index contributed by atoms with van der Waals surface area (Å²) in [5, 5.41) is 0. The van der Waals surface area contributed by atoms with Gasteiger partial charge in [-0.15, -0.1) is 0 Å². The highest BCUT2D eigenvalue weighted by atomic mass is 32.1. The Hall–Kier alpha value is -1.09. The van der Waals surface area contributed by atoms with Crippen LogP contribution in [0.2, 0.25) is 0 Å². The van der Waals surface area contributed by atoms with Gasteiger partial charge in [-0.25, -0.2) is 0 Å². The van der Waals surface area contributed by atoms with Crippen molar-refractivity contribution in [2.75, 3.05) is 6.61 Å². The summed E-state index contributed by atoms with van der Waals surface area (Å²) in [5.74, 6) is 0.940. The zero-order valence-corrected chi connectivity index (χ0v) is 13.6. The Balaban J connectivity index is 1.93. The second-order valence-electron chi connectivity index (χ2n) is 6.69. The van der Waals surface area contributed by atoms with Gasteiger partial charge in [0.05, 0.1) is 11.6 Å². The average molecular weight is 291 g/mol. The fourth-order valence-electron chi connectivity index (χ4n) is 2.36. The third-order valence-corrected chi connectivity index (χ3v) is 4.72. The van der Waals surface area contributed by atoms with Gasteiger partial charge < -0.3 is 10.5 Å². The Kier molecular flexibility index (Phi) is 4.38. The lowest BCUT2D eigenvalue weighted by atomic mass is 9.82. The van der Waals surface area contributed by atoms with Gasteiger partial charge in [-0.2, -0.15) is 0 Å². The van der Waals surface area contributed by atoms with E-state index >= 15 is 0 Å². The smallest absolute Gasteiger partial charge is 0.119 e. The lowest BCUT2D eigenvalue weighted by Crippen LogP contribution is -2.21. The van der Waals surface area contributed by atoms with Crippen LogP contribution in [-0.2, 0) is 5.41 Å². The van der Waals surface area contributed by atoms with Crippen molar-refractivity contribution in [1.82, 2.24) is 0 Å². The maximum absolute atomic E-state index is 5.92. The first-order valence-corrected chi connectivity index (χ1v) is 7.79. The Labute approximate surface area is 127 Å². The molecule has 0 bridgehead atoms. The van der Waals surface area contributed by atoms with Gasteiger partial charge in [-0.05, 0) is 42.4 Å². The number of ether oxygens (including phenoxy) is 1. The fraction of sp³-hybridized carbons (Fsp3) is 0.588. The quantitative estimate of drug-likeness (QED) is 0.764. The second-order valence-corrected chi connectivity index (χ2v) is 7.22. The monoisotopic (exact) mass is 291 g/mol. The van der Waals surface area contributed by atoms with Gasteiger partial charge in [0.1, 0.15) is 5.75 Å². The summed E-state index contributed by atoms with van der Waals surface area (Å²) >= 11 is 5.01. The zero-order chi connectivity index (χ0) is 14.8. The number of rotatable bonds is 7. The topological polar surface area (TPSA) is 35.2 Å². The molecule has 0 amide bonds. The van der Waals surface area contributed by atoms with Crippen molar-refractivity contribution in [3.63, 3.8) is 0 Å². The molecule has 0 heterocycles. The molecule has 0 radical (unpaired) electrons. The van der Waals surface area contributed by atoms with Crippen LogP contribution in [0.25, 0.3) is 0 Å². The molecule has 20 heavy (non-hydrogen) atoms. The van der Waals surface area contributed by atoms with Gasteiger partial charge in [-0.1, -0.05) is 45.1 Å². The highest BCUT2D eigenvalue weighted by Crippen LogP contribution is 2.49. The summed E-state index contributed by atoms with van der Waals surface area (Å²) < 4.78 is 5.92. The molecule has 1 aliphatic carbocycles. The third-order valence-electron chi connectivity index (χ3n) is 4.57. The molecule has 0 aliphatic heterocycles. The van der Waals surface area contributed by atoms with E-state index in [9.17, 15) is 0 Å². The molecule has 2 nitrogen and oxygen atoms in total. The normalized spacial score (nSPS) is 16.8. The molecule has 1 aromatic rings. The van der Waals surface area contributed by atoms with Gasteiger partial charge in [0.25, 0.3) is 0 Å². The van der Waals surface area contributed by atoms with E-state index in [0.29, 0.717) is 4.99 Å². The van der Waals surface area contributed by atoms with E-state index in [-0.39, 0.29) is 10.8 Å². The van der Waals surface area contributed by atoms with Crippen LogP contribution in [0.4, 0.5) is 0 Å². The van der Waals surface area contributed by atoms with E-state index in [0.717, 1.165) is 25.2 Å². The number of nitrogens with two attached hydrogens (primary N) is 1. The van der Waals surface area contributed by atoms with Gasteiger partial charge >= 0.3 is 0 Å². The molecule has 0 atom stereocenters. The zero-order valence-electron chi connectivity index (χ0n) is 12.7. The fourth-order valence-corrected chi connectivity index (χ4v) is 2.67. The van der Waals surface area contributed by atoms with Gasteiger partial charge in [0.15, 0.2) is 0 Å². The Bertz CT molecular complexity index is 474. The molecule has 0 aromatic heterocycles. The van der Waals surface area contributed by atoms with E-state index in [1.807, 2.05) is 0 Å². The van der Waals surface area contributed by atoms with E-state index in [1.165, 1.54) is 18.4 Å². The van der Waals surface area contributed by atoms with E-state index in [1.54, 1.807) is 0 Å². The van der Waals surface area contributed by atoms with Crippen LogP contribution in [0, 0.1) is 5.41 Å². The number of hydrogen-bond donors (Lipinski definition) is 1. The molecular formula is C17H25NOS. The van der Waals surface area contributed by atoms with Crippen molar-refractivity contribution in [1.29, 1.82) is 0 Å². The summed E-state index contributed by atoms with van der Waals surface area (Å²) in [6.07, 6.45) is 4.28. The first-order chi connectivity index (χ1) is 9.37. The van der Waals surface area contributed by atoms with Crippen LogP contribution in [0.1, 0.15) is 52.0 Å². The van der Waals surface area contributed by atoms with E-state index in [4.69, 9.17) is 22.7 Å². The molecule has 1 fully saturated rings. The lowest BCUT2D eigenvalue weighted by molar-refractivity contribution is 0.239. The molecule has 3 heteroatoms. The molecule has 0 unspecified atom stereocenters. The summed E-state index contributed by atoms with van der Waals surface area (Å²) in [7, 11) is 0. The van der Waals surface area contributed by atoms with Gasteiger partial charge in [0, 0.05) is 11.8 Å². The van der Waals surface area contributed by atoms with Crippen molar-refractivity contribution in [3.05, 3.63) is 29.8 Å². The number of hydrogen-bond acceptors (Lipinski definition) is 2. The van der Waals surface area contributed by atoms with Gasteiger partial charge in [0.2, 0.25) is 0 Å². The Morgan fingerprint density at radius 3 is 2.35 bits per heavy atom. The van der Waals surface area contributed by atoms with Crippen molar-refractivity contribution >= 4 is 17.2 Å². The van der Waals surface area contributed by atoms with Crippen molar-refractivity contribution < 1.29 is 4.74 Å². The first kappa shape index (κ1) is 15.3. The minimum atomic E-state index is 0.215. The van der Waals surface area contributed by atoms with Crippen LogP contribution in [-0.4, -0.2) is 11.6 Å². The molecule has 1 aliphatic rings. The maximum Gasteiger partial charge on any atom is 0.119 e. The summed E-state index contributed by atoms with van der Waals surface area (Å²) in [5.41, 5.74) is 7.44. The Morgan fingerprint density at radius 2 is 1.90 bits per heavy atom. The highest BCUT2D eigenvalue weighted by molar-refractivity contribution is 7.80. The van der Waals surface area contributed by atoms with Crippen LogP contribution in [0.15, 0.2) is 24.3 Å². The second kappa shape index (κ2) is 5.72. The molecule has 2 N–H and O–H groups in total. The Morgan fingerprint density at radius 1 is 1.30 bits per heavy atom. The van der Waals surface area contributed by atoms with E-state index in [2.05, 4.69) is 45.0 Å². The standard InChI is InChI=1S/C17H25NOS/c1-4-16(2,3)13-5-7-14(8-6-13)19-12-17(9-10-17)11-15(18)20/h5-8H,4,9-12H2,1-3H3,(H2,18,20). The minimum Gasteiger partial charge on any atom is -0.493 e. The molecule has 0 spiro atoms. The molecule has 1 aromatic carbocycles. The SMILES string of the molecule is CCC(C)(C)c1ccc(OCC2(CC(N)=S)CC2)cc1. The van der Waals surface area contributed by atoms with Crippen LogP contribution in [0.3, 0.4) is 0 Å². The van der Waals surface area contributed by atoms with Crippen LogP contribution >= 0.6 is 12.2 Å². The number of benzene rings is 1. The van der Waals surface area contributed by atoms with Crippen molar-refractivity contribution in [3.8, 4) is 5.75 Å². The lowest BCUT2D eigenvalue weighted by Gasteiger charge is -2.23. The van der Waals surface area contributed by atoms with Crippen LogP contribution in [0.5, 0.6) is 5.75 Å².